The number of aliphatic hydroxyl groups is 1. The number of H-pyrrole nitrogens is 1. The molecular weight excluding hydrogens is 338 g/mol. The molecule has 4 heterocycles. The van der Waals surface area contributed by atoms with Crippen molar-refractivity contribution in [3.05, 3.63) is 11.6 Å². The van der Waals surface area contributed by atoms with Gasteiger partial charge in [-0.3, -0.25) is 0 Å². The monoisotopic (exact) mass is 363 g/mol. The molecule has 2 aromatic rings. The lowest BCUT2D eigenvalue weighted by molar-refractivity contribution is 0.00706. The molecule has 8 heteroatoms. The van der Waals surface area contributed by atoms with Gasteiger partial charge in [0.05, 0.1) is 25.3 Å². The summed E-state index contributed by atoms with van der Waals surface area (Å²) < 4.78 is 22.9. The largest absolute Gasteiger partial charge is 0.477 e. The van der Waals surface area contributed by atoms with Crippen molar-refractivity contribution in [3.63, 3.8) is 0 Å². The molecule has 0 amide bonds. The zero-order valence-corrected chi connectivity index (χ0v) is 15.5. The van der Waals surface area contributed by atoms with Gasteiger partial charge in [-0.05, 0) is 18.4 Å². The molecule has 0 aliphatic carbocycles. The van der Waals surface area contributed by atoms with E-state index in [9.17, 15) is 5.11 Å². The maximum absolute atomic E-state index is 9.81. The summed E-state index contributed by atoms with van der Waals surface area (Å²) in [6.07, 6.45) is -1.52. The summed E-state index contributed by atoms with van der Waals surface area (Å²) in [7, 11) is 0. The fourth-order valence-corrected chi connectivity index (χ4v) is 3.18. The molecule has 2 aliphatic rings. The van der Waals surface area contributed by atoms with E-state index in [1.165, 1.54) is 0 Å². The first-order chi connectivity index (χ1) is 12.3. The number of fused-ring (bicyclic) bond motifs is 2. The highest BCUT2D eigenvalue weighted by atomic mass is 16.6. The molecule has 0 radical (unpaired) electrons. The van der Waals surface area contributed by atoms with Gasteiger partial charge in [-0.1, -0.05) is 20.8 Å². The molecular formula is C18H25N3O5. The summed E-state index contributed by atoms with van der Waals surface area (Å²) in [5, 5.41) is 9.81. The van der Waals surface area contributed by atoms with Crippen LogP contribution >= 0.6 is 0 Å². The molecule has 1 unspecified atom stereocenters. The minimum atomic E-state index is -0.601. The minimum absolute atomic E-state index is 0.0494. The number of aromatic amines is 1. The van der Waals surface area contributed by atoms with Gasteiger partial charge in [0.25, 0.3) is 6.01 Å². The first kappa shape index (κ1) is 17.5. The number of ether oxygens (including phenoxy) is 4. The third kappa shape index (κ3) is 3.36. The second kappa shape index (κ2) is 6.37. The second-order valence-electron chi connectivity index (χ2n) is 8.19. The number of aryl methyl sites for hydroxylation is 1. The smallest absolute Gasteiger partial charge is 0.296 e. The molecule has 0 aromatic carbocycles. The van der Waals surface area contributed by atoms with E-state index >= 15 is 0 Å². The Morgan fingerprint density at radius 3 is 2.77 bits per heavy atom. The Kier molecular flexibility index (Phi) is 4.29. The number of rotatable bonds is 4. The molecule has 0 saturated carbocycles. The predicted octanol–water partition coefficient (Wildman–Crippen LogP) is 1.60. The minimum Gasteiger partial charge on any atom is -0.477 e. The number of nitrogens with one attached hydrogen (secondary N) is 1. The van der Waals surface area contributed by atoms with Crippen LogP contribution in [0, 0.1) is 12.3 Å². The Bertz CT molecular complexity index is 800. The summed E-state index contributed by atoms with van der Waals surface area (Å²) >= 11 is 0. The summed E-state index contributed by atoms with van der Waals surface area (Å²) in [5.74, 6) is 0.581. The van der Waals surface area contributed by atoms with Crippen molar-refractivity contribution in [1.82, 2.24) is 15.0 Å². The molecule has 4 atom stereocenters. The number of hydrogen-bond donors (Lipinski definition) is 2. The van der Waals surface area contributed by atoms with Crippen molar-refractivity contribution >= 4 is 11.2 Å². The Morgan fingerprint density at radius 2 is 2.00 bits per heavy atom. The highest BCUT2D eigenvalue weighted by Gasteiger charge is 2.48. The molecule has 0 bridgehead atoms. The molecule has 0 spiro atoms. The van der Waals surface area contributed by atoms with Crippen molar-refractivity contribution in [2.24, 2.45) is 5.41 Å². The number of aliphatic hydroxyl groups excluding tert-OH is 1. The first-order valence-corrected chi connectivity index (χ1v) is 8.88. The Morgan fingerprint density at radius 1 is 1.23 bits per heavy atom. The molecule has 26 heavy (non-hydrogen) atoms. The Hall–Kier alpha value is -1.90. The van der Waals surface area contributed by atoms with Crippen LogP contribution in [-0.4, -0.2) is 64.3 Å². The van der Waals surface area contributed by atoms with Gasteiger partial charge in [-0.15, -0.1) is 0 Å². The van der Waals surface area contributed by atoms with Gasteiger partial charge in [0, 0.05) is 5.56 Å². The predicted molar refractivity (Wildman–Crippen MR) is 93.5 cm³/mol. The van der Waals surface area contributed by atoms with Crippen LogP contribution in [0.15, 0.2) is 6.07 Å². The van der Waals surface area contributed by atoms with E-state index in [0.717, 1.165) is 11.1 Å². The highest BCUT2D eigenvalue weighted by Crippen LogP contribution is 2.30. The molecule has 4 rings (SSSR count). The highest BCUT2D eigenvalue weighted by molar-refractivity contribution is 5.73. The van der Waals surface area contributed by atoms with Crippen LogP contribution < -0.4 is 9.47 Å². The van der Waals surface area contributed by atoms with Gasteiger partial charge in [0.1, 0.15) is 18.3 Å². The molecule has 2 N–H and O–H groups in total. The van der Waals surface area contributed by atoms with Crippen LogP contribution in [0.1, 0.15) is 26.3 Å². The van der Waals surface area contributed by atoms with Crippen molar-refractivity contribution < 1.29 is 24.1 Å². The number of imidazole rings is 1. The average molecular weight is 363 g/mol. The van der Waals surface area contributed by atoms with Crippen molar-refractivity contribution in [1.29, 1.82) is 0 Å². The van der Waals surface area contributed by atoms with E-state index in [2.05, 4.69) is 35.7 Å². The van der Waals surface area contributed by atoms with Crippen LogP contribution in [0.5, 0.6) is 11.9 Å². The van der Waals surface area contributed by atoms with Gasteiger partial charge in [-0.25, -0.2) is 0 Å². The van der Waals surface area contributed by atoms with E-state index in [1.54, 1.807) is 0 Å². The van der Waals surface area contributed by atoms with Crippen molar-refractivity contribution in [2.75, 3.05) is 19.8 Å². The molecule has 2 aromatic heterocycles. The summed E-state index contributed by atoms with van der Waals surface area (Å²) in [6.45, 7) is 9.48. The maximum Gasteiger partial charge on any atom is 0.296 e. The normalized spacial score (nSPS) is 28.5. The lowest BCUT2D eigenvalue weighted by Crippen LogP contribution is -2.34. The van der Waals surface area contributed by atoms with E-state index in [1.807, 2.05) is 13.0 Å². The fourth-order valence-electron chi connectivity index (χ4n) is 3.18. The quantitative estimate of drug-likeness (QED) is 0.851. The van der Waals surface area contributed by atoms with Gasteiger partial charge in [0.2, 0.25) is 5.88 Å². The summed E-state index contributed by atoms with van der Waals surface area (Å²) in [6, 6.07) is 2.31. The topological polar surface area (TPSA) is 98.7 Å². The van der Waals surface area contributed by atoms with Crippen LogP contribution in [0.3, 0.4) is 0 Å². The van der Waals surface area contributed by atoms with Crippen LogP contribution in [-0.2, 0) is 9.47 Å². The molecule has 8 nitrogen and oxygen atoms in total. The standard InChI is InChI=1S/C18H25N3O5/c1-9-5-10-15(20-16(9)25-8-18(2,3)4)21-17(19-10)26-12-7-24-13-11(22)6-23-14(12)13/h5,11-14,22H,6-8H2,1-4H3,(H,19,20,21)/t11-,12-,13-,14?/m1/s1. The fraction of sp³-hybridized carbons (Fsp3) is 0.667. The van der Waals surface area contributed by atoms with Crippen LogP contribution in [0.4, 0.5) is 0 Å². The second-order valence-corrected chi connectivity index (χ2v) is 8.19. The van der Waals surface area contributed by atoms with E-state index in [-0.39, 0.29) is 30.3 Å². The van der Waals surface area contributed by atoms with Gasteiger partial charge in [-0.2, -0.15) is 9.97 Å². The van der Waals surface area contributed by atoms with Crippen LogP contribution in [0.2, 0.25) is 0 Å². The number of hydrogen-bond acceptors (Lipinski definition) is 7. The zero-order chi connectivity index (χ0) is 18.5. The number of pyridine rings is 1. The van der Waals surface area contributed by atoms with Crippen molar-refractivity contribution in [3.8, 4) is 11.9 Å². The maximum atomic E-state index is 9.81. The third-order valence-corrected chi connectivity index (χ3v) is 4.48. The summed E-state index contributed by atoms with van der Waals surface area (Å²) in [5.41, 5.74) is 2.30. The van der Waals surface area contributed by atoms with Crippen LogP contribution in [0.25, 0.3) is 11.2 Å². The number of aromatic nitrogens is 3. The lowest BCUT2D eigenvalue weighted by atomic mass is 9.99. The molecule has 2 saturated heterocycles. The molecule has 2 aliphatic heterocycles. The van der Waals surface area contributed by atoms with Crippen molar-refractivity contribution in [2.45, 2.75) is 52.1 Å². The SMILES string of the molecule is Cc1cc2[nH]c(O[C@@H]3CO[C@H]4C3OC[C@H]4O)nc2nc1OCC(C)(C)C. The van der Waals surface area contributed by atoms with Gasteiger partial charge in [0.15, 0.2) is 11.8 Å². The average Bonchev–Trinajstić information content (AvgIpc) is 3.22. The lowest BCUT2D eigenvalue weighted by Gasteiger charge is -2.18. The van der Waals surface area contributed by atoms with E-state index in [4.69, 9.17) is 18.9 Å². The first-order valence-electron chi connectivity index (χ1n) is 8.88. The zero-order valence-electron chi connectivity index (χ0n) is 15.5. The Balaban J connectivity index is 1.51. The van der Waals surface area contributed by atoms with Gasteiger partial charge < -0.3 is 29.0 Å². The number of nitrogens with zero attached hydrogens (tertiary/aromatic N) is 2. The Labute approximate surface area is 151 Å². The molecule has 142 valence electrons. The molecule has 2 fully saturated rings. The summed E-state index contributed by atoms with van der Waals surface area (Å²) in [4.78, 5) is 12.0. The van der Waals surface area contributed by atoms with E-state index in [0.29, 0.717) is 30.8 Å². The van der Waals surface area contributed by atoms with Gasteiger partial charge >= 0.3 is 0 Å². The van der Waals surface area contributed by atoms with E-state index < -0.39 is 6.10 Å². The third-order valence-electron chi connectivity index (χ3n) is 4.48.